The Balaban J connectivity index is 4.73. The van der Waals surface area contributed by atoms with Crippen LogP contribution >= 0.6 is 0 Å². The molecule has 0 bridgehead atoms. The number of halogens is 7. The summed E-state index contributed by atoms with van der Waals surface area (Å²) in [7, 11) is 0. The number of alkyl halides is 7. The molecule has 2 N–H and O–H groups in total. The molecule has 1 atom stereocenters. The molecule has 0 aromatic carbocycles. The van der Waals surface area contributed by atoms with Gasteiger partial charge in [0.05, 0.1) is 0 Å². The van der Waals surface area contributed by atoms with Gasteiger partial charge in [-0.3, -0.25) is 4.79 Å². The average molecular weight is 311 g/mol. The summed E-state index contributed by atoms with van der Waals surface area (Å²) >= 11 is 0. The summed E-state index contributed by atoms with van der Waals surface area (Å²) in [4.78, 5) is 11.3. The lowest BCUT2D eigenvalue weighted by molar-refractivity contribution is -0.356. The number of ketones is 1. The van der Waals surface area contributed by atoms with E-state index < -0.39 is 42.7 Å². The molecule has 120 valence electrons. The molecule has 0 aliphatic carbocycles. The van der Waals surface area contributed by atoms with Gasteiger partial charge >= 0.3 is 18.0 Å². The van der Waals surface area contributed by atoms with Gasteiger partial charge in [-0.15, -0.1) is 0 Å². The van der Waals surface area contributed by atoms with Crippen LogP contribution in [0.1, 0.15) is 33.1 Å². The van der Waals surface area contributed by atoms with Crippen molar-refractivity contribution in [2.75, 3.05) is 0 Å². The summed E-state index contributed by atoms with van der Waals surface area (Å²) in [6, 6.07) is -1.76. The first-order valence-corrected chi connectivity index (χ1v) is 5.80. The van der Waals surface area contributed by atoms with Gasteiger partial charge in [0, 0.05) is 25.3 Å². The van der Waals surface area contributed by atoms with Gasteiger partial charge < -0.3 is 5.73 Å². The molecule has 0 radical (unpaired) electrons. The molecule has 0 aromatic rings. The van der Waals surface area contributed by atoms with E-state index in [0.29, 0.717) is 0 Å². The quantitative estimate of drug-likeness (QED) is 0.731. The minimum atomic E-state index is -6.38. The Labute approximate surface area is 111 Å². The van der Waals surface area contributed by atoms with Crippen molar-refractivity contribution in [3.63, 3.8) is 0 Å². The minimum Gasteiger partial charge on any atom is -0.327 e. The monoisotopic (exact) mass is 311 g/mol. The summed E-state index contributed by atoms with van der Waals surface area (Å²) in [6.45, 7) is 3.33. The van der Waals surface area contributed by atoms with Crippen molar-refractivity contribution in [3.05, 3.63) is 0 Å². The van der Waals surface area contributed by atoms with Crippen LogP contribution < -0.4 is 5.73 Å². The number of nitrogens with two attached hydrogens (primary N) is 1. The third-order valence-corrected chi connectivity index (χ3v) is 2.46. The molecule has 1 unspecified atom stereocenters. The molecule has 0 aromatic heterocycles. The van der Waals surface area contributed by atoms with Gasteiger partial charge in [0.1, 0.15) is 5.78 Å². The number of hydrogen-bond acceptors (Lipinski definition) is 2. The predicted octanol–water partition coefficient (Wildman–Crippen LogP) is 3.54. The van der Waals surface area contributed by atoms with Crippen molar-refractivity contribution in [1.29, 1.82) is 0 Å². The van der Waals surface area contributed by atoms with E-state index in [1.807, 2.05) is 0 Å². The van der Waals surface area contributed by atoms with Crippen LogP contribution in [0.15, 0.2) is 0 Å². The molecule has 0 fully saturated rings. The molecule has 0 aliphatic heterocycles. The Hall–Kier alpha value is -0.860. The lowest BCUT2D eigenvalue weighted by atomic mass is 9.96. The zero-order chi connectivity index (χ0) is 16.4. The van der Waals surface area contributed by atoms with Crippen molar-refractivity contribution in [3.8, 4) is 0 Å². The van der Waals surface area contributed by atoms with Gasteiger partial charge in [-0.1, -0.05) is 13.8 Å². The maximum absolute atomic E-state index is 13.0. The number of carbonyl (C=O) groups is 1. The number of hydrogen-bond donors (Lipinski definition) is 1. The van der Waals surface area contributed by atoms with Gasteiger partial charge in [-0.05, 0) is 5.92 Å². The van der Waals surface area contributed by atoms with Crippen LogP contribution in [-0.4, -0.2) is 29.8 Å². The molecule has 20 heavy (non-hydrogen) atoms. The van der Waals surface area contributed by atoms with Gasteiger partial charge in [-0.2, -0.15) is 30.7 Å². The highest BCUT2D eigenvalue weighted by atomic mass is 19.4. The van der Waals surface area contributed by atoms with E-state index in [2.05, 4.69) is 0 Å². The van der Waals surface area contributed by atoms with Crippen LogP contribution in [0.25, 0.3) is 0 Å². The third-order valence-electron chi connectivity index (χ3n) is 2.46. The summed E-state index contributed by atoms with van der Waals surface area (Å²) < 4.78 is 86.8. The van der Waals surface area contributed by atoms with E-state index in [1.165, 1.54) is 0 Å². The van der Waals surface area contributed by atoms with E-state index in [-0.39, 0.29) is 12.3 Å². The van der Waals surface area contributed by atoms with Crippen molar-refractivity contribution in [2.45, 2.75) is 57.2 Å². The van der Waals surface area contributed by atoms with E-state index in [4.69, 9.17) is 5.73 Å². The highest BCUT2D eigenvalue weighted by molar-refractivity contribution is 5.79. The molecule has 0 heterocycles. The third kappa shape index (κ3) is 4.92. The fraction of sp³-hybridized carbons (Fsp3) is 0.909. The molecular formula is C11H16F7NO. The van der Waals surface area contributed by atoms with E-state index in [0.717, 1.165) is 0 Å². The van der Waals surface area contributed by atoms with Crippen molar-refractivity contribution < 1.29 is 35.5 Å². The van der Waals surface area contributed by atoms with Crippen LogP contribution in [0.3, 0.4) is 0 Å². The molecule has 0 amide bonds. The van der Waals surface area contributed by atoms with Crippen LogP contribution in [0.5, 0.6) is 0 Å². The molecule has 9 heteroatoms. The SMILES string of the molecule is CC(C)CC(=O)CC(N)CC(F)(F)C(F)(F)C(F)(F)F. The minimum absolute atomic E-state index is 0.00502. The van der Waals surface area contributed by atoms with Crippen molar-refractivity contribution in [1.82, 2.24) is 0 Å². The Kier molecular flexibility index (Phi) is 6.01. The number of carbonyl (C=O) groups excluding carboxylic acids is 1. The number of rotatable bonds is 7. The first kappa shape index (κ1) is 19.1. The average Bonchev–Trinajstić information content (AvgIpc) is 2.11. The second kappa shape index (κ2) is 6.28. The zero-order valence-corrected chi connectivity index (χ0v) is 10.9. The maximum atomic E-state index is 13.0. The molecule has 0 aliphatic rings. The van der Waals surface area contributed by atoms with Gasteiger partial charge in [0.2, 0.25) is 0 Å². The lowest BCUT2D eigenvalue weighted by Crippen LogP contribution is -2.54. The molecular weight excluding hydrogens is 295 g/mol. The first-order valence-electron chi connectivity index (χ1n) is 5.80. The fourth-order valence-corrected chi connectivity index (χ4v) is 1.57. The Morgan fingerprint density at radius 2 is 1.45 bits per heavy atom. The molecule has 2 nitrogen and oxygen atoms in total. The molecule has 0 rings (SSSR count). The highest BCUT2D eigenvalue weighted by Gasteiger charge is 2.72. The summed E-state index contributed by atoms with van der Waals surface area (Å²) in [5.74, 6) is -12.2. The molecule has 0 saturated heterocycles. The second-order valence-electron chi connectivity index (χ2n) is 5.08. The predicted molar refractivity (Wildman–Crippen MR) is 57.6 cm³/mol. The van der Waals surface area contributed by atoms with Crippen molar-refractivity contribution in [2.24, 2.45) is 11.7 Å². The van der Waals surface area contributed by atoms with Crippen LogP contribution in [-0.2, 0) is 4.79 Å². The summed E-state index contributed by atoms with van der Waals surface area (Å²) in [5.41, 5.74) is 5.07. The molecule has 0 spiro atoms. The van der Waals surface area contributed by atoms with E-state index in [1.54, 1.807) is 13.8 Å². The standard InChI is InChI=1S/C11H16F7NO/c1-6(2)3-8(20)4-7(19)5-9(12,13)10(14,15)11(16,17)18/h6-7H,3-5,19H2,1-2H3. The Morgan fingerprint density at radius 3 is 1.80 bits per heavy atom. The molecule has 0 saturated carbocycles. The van der Waals surface area contributed by atoms with E-state index in [9.17, 15) is 35.5 Å². The first-order chi connectivity index (χ1) is 8.70. The second-order valence-corrected chi connectivity index (χ2v) is 5.08. The van der Waals surface area contributed by atoms with E-state index >= 15 is 0 Å². The van der Waals surface area contributed by atoms with Crippen LogP contribution in [0.2, 0.25) is 0 Å². The van der Waals surface area contributed by atoms with Gasteiger partial charge in [0.15, 0.2) is 0 Å². The summed E-state index contributed by atoms with van der Waals surface area (Å²) in [6.07, 6.45) is -8.96. The number of Topliss-reactive ketones (excluding diaryl/α,β-unsaturated/α-hetero) is 1. The van der Waals surface area contributed by atoms with Crippen LogP contribution in [0.4, 0.5) is 30.7 Å². The Bertz CT molecular complexity index is 338. The fourth-order valence-electron chi connectivity index (χ4n) is 1.57. The van der Waals surface area contributed by atoms with Gasteiger partial charge in [-0.25, -0.2) is 0 Å². The Morgan fingerprint density at radius 1 is 1.00 bits per heavy atom. The normalized spacial score (nSPS) is 15.6. The van der Waals surface area contributed by atoms with Gasteiger partial charge in [0.25, 0.3) is 0 Å². The maximum Gasteiger partial charge on any atom is 0.459 e. The van der Waals surface area contributed by atoms with Crippen molar-refractivity contribution >= 4 is 5.78 Å². The lowest BCUT2D eigenvalue weighted by Gasteiger charge is -2.29. The smallest absolute Gasteiger partial charge is 0.327 e. The summed E-state index contributed by atoms with van der Waals surface area (Å²) in [5, 5.41) is 0. The largest absolute Gasteiger partial charge is 0.459 e. The topological polar surface area (TPSA) is 43.1 Å². The highest BCUT2D eigenvalue weighted by Crippen LogP contribution is 2.48. The zero-order valence-electron chi connectivity index (χ0n) is 10.9. The van der Waals surface area contributed by atoms with Crippen LogP contribution in [0, 0.1) is 5.92 Å².